The molecule has 0 aromatic carbocycles. The van der Waals surface area contributed by atoms with Crippen LogP contribution >= 0.6 is 23.0 Å². The average Bonchev–Trinajstić information content (AvgIpc) is 2.47. The summed E-state index contributed by atoms with van der Waals surface area (Å²) in [6.07, 6.45) is 0.621. The van der Waals surface area contributed by atoms with Crippen molar-refractivity contribution in [2.24, 2.45) is 0 Å². The van der Waals surface area contributed by atoms with Crippen molar-refractivity contribution in [1.29, 1.82) is 0 Å². The number of Topliss-reactive ketones (excluding diaryl/α,β-unsaturated/α-hetero) is 1. The van der Waals surface area contributed by atoms with E-state index in [1.54, 1.807) is 4.90 Å². The smallest absolute Gasteiger partial charge is 0.220 e. The van der Waals surface area contributed by atoms with Gasteiger partial charge in [0.15, 0.2) is 5.78 Å². The van der Waals surface area contributed by atoms with Crippen LogP contribution in [0.15, 0.2) is 0 Å². The molecule has 0 radical (unpaired) electrons. The molecule has 0 aromatic rings. The van der Waals surface area contributed by atoms with Gasteiger partial charge in [-0.15, -0.1) is 0 Å². The molecule has 1 heterocycles. The summed E-state index contributed by atoms with van der Waals surface area (Å²) in [6.45, 7) is 3.52. The Hall–Kier alpha value is -0.170. The second-order valence-electron chi connectivity index (χ2n) is 3.24. The predicted octanol–water partition coefficient (Wildman–Crippen LogP) is 0.931. The fourth-order valence-electron chi connectivity index (χ4n) is 1.60. The van der Waals surface area contributed by atoms with Crippen molar-refractivity contribution in [3.8, 4) is 0 Å². The first-order valence-corrected chi connectivity index (χ1v) is 4.99. The zero-order valence-electron chi connectivity index (χ0n) is 7.62. The Kier molecular flexibility index (Phi) is 3.66. The molecule has 0 aromatic heterocycles. The number of likely N-dealkylation sites (tertiary alicyclic amines) is 1. The number of amides is 1. The maximum absolute atomic E-state index is 11.2. The van der Waals surface area contributed by atoms with Gasteiger partial charge in [-0.2, -0.15) is 0 Å². The minimum atomic E-state index is -0.280. The Morgan fingerprint density at radius 2 is 2.08 bits per heavy atom. The van der Waals surface area contributed by atoms with Crippen molar-refractivity contribution < 1.29 is 12.7 Å². The van der Waals surface area contributed by atoms with Gasteiger partial charge < -0.3 is 7.97 Å². The highest BCUT2D eigenvalue weighted by molar-refractivity contribution is 14.1. The van der Waals surface area contributed by atoms with Crippen LogP contribution in [0.2, 0.25) is 0 Å². The van der Waals surface area contributed by atoms with Crippen molar-refractivity contribution in [2.45, 2.75) is 32.4 Å². The van der Waals surface area contributed by atoms with Crippen LogP contribution in [-0.4, -0.2) is 35.3 Å². The molecule has 0 saturated carbocycles. The molecule has 0 N–H and O–H groups in total. The molecule has 1 saturated heterocycles. The lowest BCUT2D eigenvalue weighted by Gasteiger charge is -2.19. The zero-order chi connectivity index (χ0) is 10.0. The normalized spacial score (nSPS) is 27.8. The zero-order valence-corrected chi connectivity index (χ0v) is 9.78. The van der Waals surface area contributed by atoms with E-state index in [9.17, 15) is 9.59 Å². The van der Waals surface area contributed by atoms with E-state index in [1.807, 2.05) is 23.0 Å². The van der Waals surface area contributed by atoms with Crippen LogP contribution < -0.4 is 0 Å². The summed E-state index contributed by atoms with van der Waals surface area (Å²) in [7, 11) is 0. The number of hydrogen-bond donors (Lipinski definition) is 0. The molecule has 4 nitrogen and oxygen atoms in total. The van der Waals surface area contributed by atoms with Crippen LogP contribution in [0.5, 0.6) is 0 Å². The van der Waals surface area contributed by atoms with Crippen molar-refractivity contribution in [3.63, 3.8) is 0 Å². The quantitative estimate of drug-likeness (QED) is 0.712. The number of carbonyl (C=O) groups excluding carboxylic acids is 2. The Balaban J connectivity index is 2.71. The summed E-state index contributed by atoms with van der Waals surface area (Å²) in [5, 5.41) is 0. The van der Waals surface area contributed by atoms with Crippen LogP contribution in [0.4, 0.5) is 0 Å². The fourth-order valence-corrected chi connectivity index (χ4v) is 1.96. The molecule has 13 heavy (non-hydrogen) atoms. The van der Waals surface area contributed by atoms with Gasteiger partial charge in [-0.25, -0.2) is 0 Å². The molecule has 1 aliphatic rings. The van der Waals surface area contributed by atoms with Crippen LogP contribution in [0.25, 0.3) is 0 Å². The van der Waals surface area contributed by atoms with Crippen molar-refractivity contribution >= 4 is 34.7 Å². The highest BCUT2D eigenvalue weighted by Crippen LogP contribution is 2.22. The first-order chi connectivity index (χ1) is 6.06. The second-order valence-corrected chi connectivity index (χ2v) is 3.75. The van der Waals surface area contributed by atoms with Crippen LogP contribution in [-0.2, 0) is 12.7 Å². The van der Waals surface area contributed by atoms with E-state index in [-0.39, 0.29) is 23.8 Å². The summed E-state index contributed by atoms with van der Waals surface area (Å²) < 4.78 is 5.10. The number of hydrogen-bond acceptors (Lipinski definition) is 3. The Labute approximate surface area is 91.3 Å². The van der Waals surface area contributed by atoms with Crippen molar-refractivity contribution in [1.82, 2.24) is 4.90 Å². The monoisotopic (exact) mass is 297 g/mol. The number of rotatable bonds is 2. The van der Waals surface area contributed by atoms with Gasteiger partial charge >= 0.3 is 0 Å². The minimum absolute atomic E-state index is 0.00148. The summed E-state index contributed by atoms with van der Waals surface area (Å²) >= 11 is 1.81. The minimum Gasteiger partial charge on any atom is -0.330 e. The van der Waals surface area contributed by atoms with E-state index in [1.165, 1.54) is 13.8 Å². The maximum Gasteiger partial charge on any atom is 0.220 e. The number of halogens is 1. The molecular formula is C8H12INO3. The van der Waals surface area contributed by atoms with E-state index >= 15 is 0 Å². The average molecular weight is 297 g/mol. The Morgan fingerprint density at radius 1 is 1.46 bits per heavy atom. The molecule has 1 aliphatic heterocycles. The molecule has 1 fully saturated rings. The van der Waals surface area contributed by atoms with Gasteiger partial charge in [-0.3, -0.25) is 9.59 Å². The third kappa shape index (κ3) is 2.40. The Bertz CT molecular complexity index is 209. The molecule has 1 amide bonds. The molecule has 0 bridgehead atoms. The highest BCUT2D eigenvalue weighted by atomic mass is 127. The summed E-state index contributed by atoms with van der Waals surface area (Å²) in [5.74, 6) is -0.0256. The first-order valence-electron chi connectivity index (χ1n) is 4.11. The van der Waals surface area contributed by atoms with Gasteiger partial charge in [0, 0.05) is 19.9 Å². The number of nitrogens with zero attached hydrogens (tertiary/aromatic N) is 1. The predicted molar refractivity (Wildman–Crippen MR) is 55.4 cm³/mol. The standard InChI is InChI=1S/C8H12INO3/c1-5(11)8-3-7(13-9)4-10(8)6(2)12/h7-8H,3-4H2,1-2H3. The third-order valence-corrected chi connectivity index (χ3v) is 2.98. The fraction of sp³-hybridized carbons (Fsp3) is 0.750. The topological polar surface area (TPSA) is 46.6 Å². The van der Waals surface area contributed by atoms with Gasteiger partial charge in [-0.05, 0) is 6.92 Å². The largest absolute Gasteiger partial charge is 0.330 e. The van der Waals surface area contributed by atoms with E-state index in [2.05, 4.69) is 0 Å². The van der Waals surface area contributed by atoms with E-state index in [0.717, 1.165) is 0 Å². The van der Waals surface area contributed by atoms with E-state index in [0.29, 0.717) is 13.0 Å². The molecule has 2 atom stereocenters. The lowest BCUT2D eigenvalue weighted by molar-refractivity contribution is -0.135. The van der Waals surface area contributed by atoms with Crippen molar-refractivity contribution in [3.05, 3.63) is 0 Å². The van der Waals surface area contributed by atoms with Crippen LogP contribution in [0.1, 0.15) is 20.3 Å². The maximum atomic E-state index is 11.2. The summed E-state index contributed by atoms with van der Waals surface area (Å²) in [5.41, 5.74) is 0. The lowest BCUT2D eigenvalue weighted by atomic mass is 10.1. The molecule has 1 rings (SSSR count). The van der Waals surface area contributed by atoms with Crippen LogP contribution in [0.3, 0.4) is 0 Å². The highest BCUT2D eigenvalue weighted by Gasteiger charge is 2.36. The summed E-state index contributed by atoms with van der Waals surface area (Å²) in [4.78, 5) is 23.9. The van der Waals surface area contributed by atoms with Crippen molar-refractivity contribution in [2.75, 3.05) is 6.54 Å². The molecule has 74 valence electrons. The summed E-state index contributed by atoms with van der Waals surface area (Å²) in [6, 6.07) is -0.280. The van der Waals surface area contributed by atoms with Gasteiger partial charge in [-0.1, -0.05) is 0 Å². The third-order valence-electron chi connectivity index (χ3n) is 2.26. The Morgan fingerprint density at radius 3 is 2.38 bits per heavy atom. The van der Waals surface area contributed by atoms with E-state index in [4.69, 9.17) is 3.07 Å². The molecule has 2 unspecified atom stereocenters. The molecule has 0 spiro atoms. The van der Waals surface area contributed by atoms with Gasteiger partial charge in [0.05, 0.1) is 12.1 Å². The molecular weight excluding hydrogens is 285 g/mol. The first kappa shape index (κ1) is 10.9. The van der Waals surface area contributed by atoms with Gasteiger partial charge in [0.25, 0.3) is 0 Å². The number of ketones is 1. The van der Waals surface area contributed by atoms with Gasteiger partial charge in [0.1, 0.15) is 23.0 Å². The lowest BCUT2D eigenvalue weighted by Crippen LogP contribution is -2.38. The van der Waals surface area contributed by atoms with Crippen LogP contribution in [0, 0.1) is 0 Å². The molecule has 5 heteroatoms. The second kappa shape index (κ2) is 4.36. The SMILES string of the molecule is CC(=O)C1CC(OI)CN1C(C)=O. The van der Waals surface area contributed by atoms with Gasteiger partial charge in [0.2, 0.25) is 5.91 Å². The molecule has 0 aliphatic carbocycles. The van der Waals surface area contributed by atoms with E-state index < -0.39 is 0 Å². The number of carbonyl (C=O) groups is 2.